The first-order chi connectivity index (χ1) is 11.9. The van der Waals surface area contributed by atoms with E-state index < -0.39 is 29.6 Å². The fraction of sp³-hybridized carbons (Fsp3) is 0.500. The molecule has 0 spiro atoms. The van der Waals surface area contributed by atoms with Crippen molar-refractivity contribution >= 4 is 17.8 Å². The number of nitrogens with zero attached hydrogens (tertiary/aromatic N) is 1. The molecule has 1 unspecified atom stereocenters. The third kappa shape index (κ3) is 6.93. The van der Waals surface area contributed by atoms with E-state index in [1.54, 1.807) is 0 Å². The summed E-state index contributed by atoms with van der Waals surface area (Å²) in [7, 11) is 0. The summed E-state index contributed by atoms with van der Waals surface area (Å²) in [6.45, 7) is 3.90. The Morgan fingerprint density at radius 2 is 1.88 bits per heavy atom. The molecule has 1 aromatic rings. The van der Waals surface area contributed by atoms with Gasteiger partial charge in [0.05, 0.1) is 5.92 Å². The van der Waals surface area contributed by atoms with Crippen molar-refractivity contribution in [3.63, 3.8) is 0 Å². The smallest absolute Gasteiger partial charge is 0.306 e. The molecule has 0 heterocycles. The fourth-order valence-electron chi connectivity index (χ4n) is 2.23. The largest absolute Gasteiger partial charge is 0.481 e. The summed E-state index contributed by atoms with van der Waals surface area (Å²) in [4.78, 5) is 41.0. The highest BCUT2D eigenvalue weighted by atomic mass is 16.7. The maximum absolute atomic E-state index is 12.7. The number of amides is 2. The zero-order valence-corrected chi connectivity index (χ0v) is 14.7. The van der Waals surface area contributed by atoms with E-state index in [9.17, 15) is 14.4 Å². The minimum Gasteiger partial charge on any atom is -0.481 e. The van der Waals surface area contributed by atoms with E-state index >= 15 is 0 Å². The van der Waals surface area contributed by atoms with Gasteiger partial charge in [-0.2, -0.15) is 0 Å². The van der Waals surface area contributed by atoms with E-state index in [1.807, 2.05) is 37.3 Å². The van der Waals surface area contributed by atoms with Crippen LogP contribution in [0.15, 0.2) is 30.3 Å². The lowest BCUT2D eigenvalue weighted by molar-refractivity contribution is -0.197. The zero-order valence-electron chi connectivity index (χ0n) is 14.7. The second-order valence-corrected chi connectivity index (χ2v) is 5.98. The molecule has 0 bridgehead atoms. The van der Waals surface area contributed by atoms with Crippen molar-refractivity contribution < 1.29 is 24.3 Å². The third-order valence-corrected chi connectivity index (χ3v) is 3.84. The Kier molecular flexibility index (Phi) is 8.63. The Hall–Kier alpha value is -2.41. The molecule has 1 aromatic carbocycles. The molecule has 7 nitrogen and oxygen atoms in total. The molecule has 1 rings (SSSR count). The minimum absolute atomic E-state index is 0.152. The monoisotopic (exact) mass is 350 g/mol. The van der Waals surface area contributed by atoms with E-state index in [4.69, 9.17) is 15.7 Å². The highest BCUT2D eigenvalue weighted by Gasteiger charge is 2.32. The highest BCUT2D eigenvalue weighted by molar-refractivity contribution is 5.99. The van der Waals surface area contributed by atoms with Gasteiger partial charge in [0.1, 0.15) is 12.5 Å². The molecular weight excluding hydrogens is 324 g/mol. The van der Waals surface area contributed by atoms with Crippen molar-refractivity contribution in [2.45, 2.75) is 39.7 Å². The van der Waals surface area contributed by atoms with Gasteiger partial charge in [0.2, 0.25) is 5.91 Å². The number of carboxylic acids is 1. The molecule has 25 heavy (non-hydrogen) atoms. The van der Waals surface area contributed by atoms with Crippen LogP contribution in [0.3, 0.4) is 0 Å². The summed E-state index contributed by atoms with van der Waals surface area (Å²) in [5.74, 6) is -4.60. The number of hydrogen-bond acceptors (Lipinski definition) is 4. The first-order valence-corrected chi connectivity index (χ1v) is 8.37. The van der Waals surface area contributed by atoms with Gasteiger partial charge in [0.25, 0.3) is 5.91 Å². The lowest BCUT2D eigenvalue weighted by Gasteiger charge is -2.26. The van der Waals surface area contributed by atoms with Crippen LogP contribution in [-0.2, 0) is 25.8 Å². The molecule has 0 aliphatic heterocycles. The summed E-state index contributed by atoms with van der Waals surface area (Å²) < 4.78 is 0. The van der Waals surface area contributed by atoms with E-state index in [2.05, 4.69) is 0 Å². The van der Waals surface area contributed by atoms with Crippen molar-refractivity contribution in [1.82, 2.24) is 5.06 Å². The van der Waals surface area contributed by atoms with Crippen LogP contribution >= 0.6 is 0 Å². The number of carbonyl (C=O) groups excluding carboxylic acids is 2. The summed E-state index contributed by atoms with van der Waals surface area (Å²) in [5.41, 5.74) is 6.21. The van der Waals surface area contributed by atoms with E-state index in [0.717, 1.165) is 17.0 Å². The van der Waals surface area contributed by atoms with Crippen molar-refractivity contribution in [2.75, 3.05) is 6.54 Å². The van der Waals surface area contributed by atoms with Crippen LogP contribution in [0, 0.1) is 11.8 Å². The van der Waals surface area contributed by atoms with Gasteiger partial charge in [-0.3, -0.25) is 19.2 Å². The molecule has 0 saturated heterocycles. The molecule has 0 aliphatic rings. The lowest BCUT2D eigenvalue weighted by Crippen LogP contribution is -2.43. The average Bonchev–Trinajstić information content (AvgIpc) is 2.59. The fourth-order valence-corrected chi connectivity index (χ4v) is 2.23. The van der Waals surface area contributed by atoms with Gasteiger partial charge in [-0.05, 0) is 18.4 Å². The number of aliphatic carboxylic acids is 1. The van der Waals surface area contributed by atoms with Gasteiger partial charge < -0.3 is 10.8 Å². The Bertz CT molecular complexity index is 576. The van der Waals surface area contributed by atoms with E-state index in [-0.39, 0.29) is 13.0 Å². The first-order valence-electron chi connectivity index (χ1n) is 8.37. The molecule has 0 fully saturated rings. The van der Waals surface area contributed by atoms with Gasteiger partial charge in [0, 0.05) is 6.54 Å². The van der Waals surface area contributed by atoms with E-state index in [0.29, 0.717) is 13.0 Å². The number of benzene rings is 1. The summed E-state index contributed by atoms with van der Waals surface area (Å²) in [6, 6.07) is 9.32. The van der Waals surface area contributed by atoms with Crippen LogP contribution in [-0.4, -0.2) is 34.5 Å². The topological polar surface area (TPSA) is 110 Å². The molecule has 2 atom stereocenters. The van der Waals surface area contributed by atoms with Gasteiger partial charge in [-0.1, -0.05) is 50.6 Å². The van der Waals surface area contributed by atoms with Gasteiger partial charge in [-0.25, -0.2) is 5.06 Å². The van der Waals surface area contributed by atoms with Crippen LogP contribution in [0.5, 0.6) is 0 Å². The summed E-state index contributed by atoms with van der Waals surface area (Å²) in [5, 5.41) is 10.2. The minimum atomic E-state index is -1.22. The van der Waals surface area contributed by atoms with Crippen molar-refractivity contribution in [3.8, 4) is 0 Å². The number of primary amides is 1. The normalized spacial score (nSPS) is 13.0. The van der Waals surface area contributed by atoms with Crippen molar-refractivity contribution in [3.05, 3.63) is 35.9 Å². The SMILES string of the molecule is CCCCN(OCc1ccccc1)C(=O)C(C[C@H](C)C(=O)O)C(N)=O. The second-order valence-electron chi connectivity index (χ2n) is 5.98. The number of nitrogens with two attached hydrogens (primary N) is 1. The lowest BCUT2D eigenvalue weighted by atomic mass is 9.94. The first kappa shape index (κ1) is 20.6. The number of hydrogen-bond donors (Lipinski definition) is 2. The number of carboxylic acid groups (broad SMARTS) is 1. The summed E-state index contributed by atoms with van der Waals surface area (Å²) >= 11 is 0. The third-order valence-electron chi connectivity index (χ3n) is 3.84. The maximum atomic E-state index is 12.7. The van der Waals surface area contributed by atoms with Crippen molar-refractivity contribution in [1.29, 1.82) is 0 Å². The Balaban J connectivity index is 2.83. The van der Waals surface area contributed by atoms with Gasteiger partial charge >= 0.3 is 5.97 Å². The quantitative estimate of drug-likeness (QED) is 0.468. The van der Waals surface area contributed by atoms with Crippen LogP contribution in [0.2, 0.25) is 0 Å². The average molecular weight is 350 g/mol. The van der Waals surface area contributed by atoms with Crippen LogP contribution in [0.25, 0.3) is 0 Å². The molecule has 0 radical (unpaired) electrons. The standard InChI is InChI=1S/C18H26N2O5/c1-3-4-10-20(25-12-14-8-6-5-7-9-14)17(22)15(16(19)21)11-13(2)18(23)24/h5-9,13,15H,3-4,10-12H2,1-2H3,(H2,19,21)(H,23,24)/t13-,15?/m0/s1. The van der Waals surface area contributed by atoms with E-state index in [1.165, 1.54) is 6.92 Å². The molecule has 0 saturated carbocycles. The maximum Gasteiger partial charge on any atom is 0.306 e. The summed E-state index contributed by atoms with van der Waals surface area (Å²) in [6.07, 6.45) is 1.38. The van der Waals surface area contributed by atoms with Gasteiger partial charge in [0.15, 0.2) is 0 Å². The second kappa shape index (κ2) is 10.5. The number of unbranched alkanes of at least 4 members (excludes halogenated alkanes) is 1. The predicted molar refractivity (Wildman–Crippen MR) is 92.0 cm³/mol. The molecule has 0 aliphatic carbocycles. The molecule has 3 N–H and O–H groups in total. The molecule has 2 amide bonds. The Morgan fingerprint density at radius 3 is 2.40 bits per heavy atom. The Labute approximate surface area is 147 Å². The van der Waals surface area contributed by atoms with Crippen LogP contribution in [0.1, 0.15) is 38.7 Å². The highest BCUT2D eigenvalue weighted by Crippen LogP contribution is 2.17. The Morgan fingerprint density at radius 1 is 1.24 bits per heavy atom. The molecular formula is C18H26N2O5. The molecule has 7 heteroatoms. The predicted octanol–water partition coefficient (Wildman–Crippen LogP) is 1.96. The molecule has 0 aromatic heterocycles. The van der Waals surface area contributed by atoms with Gasteiger partial charge in [-0.15, -0.1) is 0 Å². The van der Waals surface area contributed by atoms with Crippen LogP contribution < -0.4 is 5.73 Å². The number of rotatable bonds is 11. The molecule has 138 valence electrons. The van der Waals surface area contributed by atoms with Crippen molar-refractivity contribution in [2.24, 2.45) is 17.6 Å². The zero-order chi connectivity index (χ0) is 18.8. The number of carbonyl (C=O) groups is 3. The number of hydroxylamine groups is 2. The van der Waals surface area contributed by atoms with Crippen LogP contribution in [0.4, 0.5) is 0 Å².